The normalized spacial score (nSPS) is 13.7. The van der Waals surface area contributed by atoms with Crippen molar-refractivity contribution < 1.29 is 24.2 Å². The van der Waals surface area contributed by atoms with Crippen LogP contribution in [0.4, 0.5) is 16.2 Å². The van der Waals surface area contributed by atoms with Crippen molar-refractivity contribution in [2.24, 2.45) is 0 Å². The third kappa shape index (κ3) is 4.89. The Morgan fingerprint density at radius 2 is 1.77 bits per heavy atom. The first-order valence-electron chi connectivity index (χ1n) is 9.81. The molecule has 2 aromatic carbocycles. The Morgan fingerprint density at radius 3 is 2.40 bits per heavy atom. The molecule has 8 heteroatoms. The summed E-state index contributed by atoms with van der Waals surface area (Å²) < 4.78 is 5.05. The molecule has 2 aromatic rings. The van der Waals surface area contributed by atoms with Gasteiger partial charge in [-0.15, -0.1) is 0 Å². The third-order valence-corrected chi connectivity index (χ3v) is 4.92. The monoisotopic (exact) mass is 411 g/mol. The van der Waals surface area contributed by atoms with Gasteiger partial charge in [-0.2, -0.15) is 0 Å². The summed E-state index contributed by atoms with van der Waals surface area (Å²) >= 11 is 0. The van der Waals surface area contributed by atoms with Crippen LogP contribution < -0.4 is 10.2 Å². The number of ether oxygens (including phenoxy) is 1. The lowest BCUT2D eigenvalue weighted by Gasteiger charge is -2.36. The molecule has 8 nitrogen and oxygen atoms in total. The molecule has 0 unspecified atom stereocenters. The predicted molar refractivity (Wildman–Crippen MR) is 113 cm³/mol. The zero-order chi connectivity index (χ0) is 21.7. The number of carboxylic acid groups (broad SMARTS) is 1. The van der Waals surface area contributed by atoms with Crippen LogP contribution in [0.15, 0.2) is 42.5 Å². The molecule has 30 heavy (non-hydrogen) atoms. The number of amides is 2. The highest BCUT2D eigenvalue weighted by Crippen LogP contribution is 2.29. The van der Waals surface area contributed by atoms with E-state index in [2.05, 4.69) is 5.32 Å². The SMILES string of the molecule is CCOC(=O)N1CCN(c2ccc(C(=O)O)cc2NC(=O)c2cccc(C)c2)CC1. The molecule has 2 amide bonds. The lowest BCUT2D eigenvalue weighted by Crippen LogP contribution is -2.49. The van der Waals surface area contributed by atoms with E-state index in [1.807, 2.05) is 17.9 Å². The van der Waals surface area contributed by atoms with Gasteiger partial charge in [-0.25, -0.2) is 9.59 Å². The molecule has 0 aliphatic carbocycles. The minimum atomic E-state index is -1.07. The summed E-state index contributed by atoms with van der Waals surface area (Å²) in [6.45, 7) is 6.02. The Kier molecular flexibility index (Phi) is 6.56. The van der Waals surface area contributed by atoms with E-state index in [-0.39, 0.29) is 17.6 Å². The first-order valence-corrected chi connectivity index (χ1v) is 9.81. The van der Waals surface area contributed by atoms with Gasteiger partial charge < -0.3 is 25.0 Å². The third-order valence-electron chi connectivity index (χ3n) is 4.92. The molecule has 3 rings (SSSR count). The average molecular weight is 411 g/mol. The molecule has 0 spiro atoms. The van der Waals surface area contributed by atoms with Gasteiger partial charge in [0.25, 0.3) is 5.91 Å². The Balaban J connectivity index is 1.82. The Hall–Kier alpha value is -3.55. The van der Waals surface area contributed by atoms with Gasteiger partial charge in [0.2, 0.25) is 0 Å². The smallest absolute Gasteiger partial charge is 0.409 e. The van der Waals surface area contributed by atoms with Crippen molar-refractivity contribution in [3.63, 3.8) is 0 Å². The average Bonchev–Trinajstić information content (AvgIpc) is 2.74. The molecule has 158 valence electrons. The molecular formula is C22H25N3O5. The lowest BCUT2D eigenvalue weighted by molar-refractivity contribution is 0.0696. The molecule has 0 saturated carbocycles. The molecule has 1 aliphatic rings. The highest BCUT2D eigenvalue weighted by atomic mass is 16.6. The van der Waals surface area contributed by atoms with E-state index < -0.39 is 5.97 Å². The van der Waals surface area contributed by atoms with E-state index in [0.29, 0.717) is 49.7 Å². The Labute approximate surface area is 175 Å². The Morgan fingerprint density at radius 1 is 1.03 bits per heavy atom. The molecule has 1 heterocycles. The van der Waals surface area contributed by atoms with Gasteiger partial charge in [0.05, 0.1) is 23.5 Å². The van der Waals surface area contributed by atoms with Gasteiger partial charge in [-0.05, 0) is 44.2 Å². The second-order valence-corrected chi connectivity index (χ2v) is 7.03. The zero-order valence-electron chi connectivity index (χ0n) is 17.1. The molecular weight excluding hydrogens is 386 g/mol. The number of aryl methyl sites for hydroxylation is 1. The van der Waals surface area contributed by atoms with Crippen LogP contribution in [0.5, 0.6) is 0 Å². The number of hydrogen-bond acceptors (Lipinski definition) is 5. The minimum absolute atomic E-state index is 0.0865. The maximum Gasteiger partial charge on any atom is 0.409 e. The standard InChI is InChI=1S/C22H25N3O5/c1-3-30-22(29)25-11-9-24(10-12-25)19-8-7-17(21(27)28)14-18(19)23-20(26)16-6-4-5-15(2)13-16/h4-8,13-14H,3,9-12H2,1-2H3,(H,23,26)(H,27,28). The number of anilines is 2. The summed E-state index contributed by atoms with van der Waals surface area (Å²) in [6, 6.07) is 11.8. The van der Waals surface area contributed by atoms with Gasteiger partial charge in [-0.1, -0.05) is 17.7 Å². The molecule has 0 bridgehead atoms. The second kappa shape index (κ2) is 9.30. The number of aromatic carboxylic acids is 1. The van der Waals surface area contributed by atoms with Crippen LogP contribution in [-0.4, -0.2) is 60.8 Å². The van der Waals surface area contributed by atoms with E-state index >= 15 is 0 Å². The van der Waals surface area contributed by atoms with E-state index in [4.69, 9.17) is 4.74 Å². The lowest BCUT2D eigenvalue weighted by atomic mass is 10.1. The summed E-state index contributed by atoms with van der Waals surface area (Å²) in [5.41, 5.74) is 2.67. The van der Waals surface area contributed by atoms with Crippen LogP contribution in [0.1, 0.15) is 33.2 Å². The molecule has 0 radical (unpaired) electrons. The van der Waals surface area contributed by atoms with Gasteiger partial charge in [0.1, 0.15) is 0 Å². The number of carboxylic acids is 1. The molecule has 2 N–H and O–H groups in total. The largest absolute Gasteiger partial charge is 0.478 e. The molecule has 1 fully saturated rings. The van der Waals surface area contributed by atoms with Crippen molar-refractivity contribution in [2.75, 3.05) is 43.0 Å². The summed E-state index contributed by atoms with van der Waals surface area (Å²) in [6.07, 6.45) is -0.341. The van der Waals surface area contributed by atoms with Gasteiger partial charge >= 0.3 is 12.1 Å². The quantitative estimate of drug-likeness (QED) is 0.784. The summed E-state index contributed by atoms with van der Waals surface area (Å²) in [5.74, 6) is -1.38. The topological polar surface area (TPSA) is 99.2 Å². The van der Waals surface area contributed by atoms with Gasteiger partial charge in [0, 0.05) is 31.7 Å². The molecule has 1 saturated heterocycles. The fraction of sp³-hybridized carbons (Fsp3) is 0.318. The first-order chi connectivity index (χ1) is 14.4. The van der Waals surface area contributed by atoms with E-state index in [9.17, 15) is 19.5 Å². The number of piperazine rings is 1. The number of nitrogens with one attached hydrogen (secondary N) is 1. The number of nitrogens with zero attached hydrogens (tertiary/aromatic N) is 2. The van der Waals surface area contributed by atoms with Crippen LogP contribution in [0, 0.1) is 6.92 Å². The maximum atomic E-state index is 12.7. The zero-order valence-corrected chi connectivity index (χ0v) is 17.1. The van der Waals surface area contributed by atoms with Crippen molar-refractivity contribution in [3.8, 4) is 0 Å². The number of carbonyl (C=O) groups excluding carboxylic acids is 2. The van der Waals surface area contributed by atoms with Gasteiger partial charge in [0.15, 0.2) is 0 Å². The number of carbonyl (C=O) groups is 3. The predicted octanol–water partition coefficient (Wildman–Crippen LogP) is 3.22. The van der Waals surface area contributed by atoms with Crippen molar-refractivity contribution in [3.05, 3.63) is 59.2 Å². The second-order valence-electron chi connectivity index (χ2n) is 7.03. The fourth-order valence-electron chi connectivity index (χ4n) is 3.37. The van der Waals surface area contributed by atoms with E-state index in [1.54, 1.807) is 36.1 Å². The fourth-order valence-corrected chi connectivity index (χ4v) is 3.37. The van der Waals surface area contributed by atoms with Crippen molar-refractivity contribution in [1.29, 1.82) is 0 Å². The van der Waals surface area contributed by atoms with Gasteiger partial charge in [-0.3, -0.25) is 4.79 Å². The van der Waals surface area contributed by atoms with E-state index in [0.717, 1.165) is 5.56 Å². The summed E-state index contributed by atoms with van der Waals surface area (Å²) in [4.78, 5) is 39.8. The van der Waals surface area contributed by atoms with Crippen LogP contribution in [-0.2, 0) is 4.74 Å². The summed E-state index contributed by atoms with van der Waals surface area (Å²) in [5, 5.41) is 12.2. The number of rotatable bonds is 5. The van der Waals surface area contributed by atoms with Crippen LogP contribution in [0.2, 0.25) is 0 Å². The number of benzene rings is 2. The van der Waals surface area contributed by atoms with Crippen molar-refractivity contribution >= 4 is 29.3 Å². The van der Waals surface area contributed by atoms with Crippen LogP contribution >= 0.6 is 0 Å². The van der Waals surface area contributed by atoms with Crippen molar-refractivity contribution in [2.45, 2.75) is 13.8 Å². The maximum absolute atomic E-state index is 12.7. The highest BCUT2D eigenvalue weighted by Gasteiger charge is 2.24. The highest BCUT2D eigenvalue weighted by molar-refractivity contribution is 6.06. The van der Waals surface area contributed by atoms with Crippen LogP contribution in [0.3, 0.4) is 0 Å². The molecule has 0 atom stereocenters. The van der Waals surface area contributed by atoms with Crippen molar-refractivity contribution in [1.82, 2.24) is 4.90 Å². The van der Waals surface area contributed by atoms with Crippen LogP contribution in [0.25, 0.3) is 0 Å². The first kappa shape index (κ1) is 21.2. The summed E-state index contributed by atoms with van der Waals surface area (Å²) in [7, 11) is 0. The minimum Gasteiger partial charge on any atom is -0.478 e. The molecule has 1 aliphatic heterocycles. The Bertz CT molecular complexity index is 952. The number of hydrogen-bond donors (Lipinski definition) is 2. The van der Waals surface area contributed by atoms with E-state index in [1.165, 1.54) is 12.1 Å². The molecule has 0 aromatic heterocycles.